The zero-order chi connectivity index (χ0) is 15.1. The zero-order valence-corrected chi connectivity index (χ0v) is 10.8. The molecule has 0 aliphatic carbocycles. The number of hydrogen-bond acceptors (Lipinski definition) is 6. The van der Waals surface area contributed by atoms with Crippen LogP contribution in [0.15, 0.2) is 18.2 Å². The minimum atomic E-state index is -0.751. The van der Waals surface area contributed by atoms with E-state index in [0.717, 1.165) is 19.2 Å². The summed E-state index contributed by atoms with van der Waals surface area (Å²) in [5, 5.41) is 10.8. The van der Waals surface area contributed by atoms with Gasteiger partial charge in [0.05, 0.1) is 24.2 Å². The summed E-state index contributed by atoms with van der Waals surface area (Å²) >= 11 is 0. The Morgan fingerprint density at radius 3 is 2.60 bits per heavy atom. The first-order valence-corrected chi connectivity index (χ1v) is 5.54. The average Bonchev–Trinajstić information content (AvgIpc) is 2.44. The van der Waals surface area contributed by atoms with E-state index in [9.17, 15) is 19.7 Å². The first-order valence-electron chi connectivity index (χ1n) is 5.54. The summed E-state index contributed by atoms with van der Waals surface area (Å²) in [6.07, 6.45) is 0. The highest BCUT2D eigenvalue weighted by Gasteiger charge is 2.14. The summed E-state index contributed by atoms with van der Waals surface area (Å²) < 4.78 is 9.09. The lowest BCUT2D eigenvalue weighted by Crippen LogP contribution is -2.03. The van der Waals surface area contributed by atoms with Crippen LogP contribution in [0, 0.1) is 22.0 Å². The van der Waals surface area contributed by atoms with Crippen molar-refractivity contribution in [3.05, 3.63) is 39.4 Å². The first kappa shape index (κ1) is 15.2. The molecule has 0 saturated heterocycles. The summed E-state index contributed by atoms with van der Waals surface area (Å²) in [4.78, 5) is 32.6. The van der Waals surface area contributed by atoms with Crippen molar-refractivity contribution in [2.45, 2.75) is 6.92 Å². The Morgan fingerprint density at radius 2 is 2.05 bits per heavy atom. The van der Waals surface area contributed by atoms with Crippen LogP contribution in [0.2, 0.25) is 0 Å². The summed E-state index contributed by atoms with van der Waals surface area (Å²) in [6.45, 7) is 1.80. The van der Waals surface area contributed by atoms with Gasteiger partial charge in [-0.1, -0.05) is 5.92 Å². The van der Waals surface area contributed by atoms with E-state index in [2.05, 4.69) is 21.3 Å². The van der Waals surface area contributed by atoms with Crippen molar-refractivity contribution < 1.29 is 24.0 Å². The zero-order valence-electron chi connectivity index (χ0n) is 10.8. The molecule has 0 aliphatic heterocycles. The van der Waals surface area contributed by atoms with Gasteiger partial charge in [0.1, 0.15) is 0 Å². The van der Waals surface area contributed by atoms with Crippen molar-refractivity contribution in [3.63, 3.8) is 0 Å². The third kappa shape index (κ3) is 4.10. The van der Waals surface area contributed by atoms with Gasteiger partial charge in [0.15, 0.2) is 0 Å². The number of rotatable bonds is 3. The number of methoxy groups -OCH3 is 1. The molecule has 0 atom stereocenters. The third-order valence-corrected chi connectivity index (χ3v) is 2.13. The SMILES string of the molecule is CCOC(=O)C#Cc1cc(C(=O)OC)cc([N+](=O)[O-])c1. The molecule has 0 aromatic heterocycles. The average molecular weight is 277 g/mol. The highest BCUT2D eigenvalue weighted by Crippen LogP contribution is 2.17. The van der Waals surface area contributed by atoms with E-state index in [4.69, 9.17) is 0 Å². The standard InChI is InChI=1S/C13H11NO6/c1-3-20-12(15)5-4-9-6-10(13(16)19-2)8-11(7-9)14(17)18/h6-8H,3H2,1-2H3. The Labute approximate surface area is 114 Å². The Hall–Kier alpha value is -2.88. The summed E-state index contributed by atoms with van der Waals surface area (Å²) in [5.74, 6) is 3.09. The van der Waals surface area contributed by atoms with Gasteiger partial charge < -0.3 is 9.47 Å². The molecule has 0 aliphatic rings. The second kappa shape index (κ2) is 6.89. The minimum Gasteiger partial charge on any atom is -0.465 e. The Kier molecular flexibility index (Phi) is 5.23. The molecule has 7 nitrogen and oxygen atoms in total. The number of nitrogens with zero attached hydrogens (tertiary/aromatic N) is 1. The van der Waals surface area contributed by atoms with E-state index >= 15 is 0 Å². The van der Waals surface area contributed by atoms with Crippen molar-refractivity contribution in [2.24, 2.45) is 0 Å². The molecule has 104 valence electrons. The molecule has 20 heavy (non-hydrogen) atoms. The van der Waals surface area contributed by atoms with Crippen LogP contribution in [0.4, 0.5) is 5.69 Å². The molecule has 1 rings (SSSR count). The summed E-state index contributed by atoms with van der Waals surface area (Å²) in [5.41, 5.74) is -0.191. The van der Waals surface area contributed by atoms with Gasteiger partial charge >= 0.3 is 11.9 Å². The van der Waals surface area contributed by atoms with Crippen LogP contribution in [0.5, 0.6) is 0 Å². The van der Waals surface area contributed by atoms with Gasteiger partial charge in [-0.15, -0.1) is 0 Å². The van der Waals surface area contributed by atoms with Gasteiger partial charge in [-0.3, -0.25) is 10.1 Å². The van der Waals surface area contributed by atoms with Crippen LogP contribution in [0.25, 0.3) is 0 Å². The van der Waals surface area contributed by atoms with Gasteiger partial charge in [-0.05, 0) is 13.0 Å². The lowest BCUT2D eigenvalue weighted by atomic mass is 10.1. The number of nitro groups is 1. The largest absolute Gasteiger partial charge is 0.465 e. The highest BCUT2D eigenvalue weighted by atomic mass is 16.6. The van der Waals surface area contributed by atoms with Gasteiger partial charge in [-0.2, -0.15) is 0 Å². The molecule has 1 aromatic carbocycles. The maximum atomic E-state index is 11.4. The molecule has 0 saturated carbocycles. The number of non-ortho nitro benzene ring substituents is 1. The predicted molar refractivity (Wildman–Crippen MR) is 67.9 cm³/mol. The number of esters is 2. The van der Waals surface area contributed by atoms with Gasteiger partial charge in [0, 0.05) is 23.6 Å². The summed E-state index contributed by atoms with van der Waals surface area (Å²) in [7, 11) is 1.16. The van der Waals surface area contributed by atoms with Crippen molar-refractivity contribution >= 4 is 17.6 Å². The molecule has 0 heterocycles. The van der Waals surface area contributed by atoms with Crippen LogP contribution in [0.3, 0.4) is 0 Å². The van der Waals surface area contributed by atoms with E-state index in [1.165, 1.54) is 6.07 Å². The van der Waals surface area contributed by atoms with Crippen LogP contribution in [-0.4, -0.2) is 30.6 Å². The lowest BCUT2D eigenvalue weighted by Gasteiger charge is -2.00. The summed E-state index contributed by atoms with van der Waals surface area (Å²) in [6, 6.07) is 3.52. The third-order valence-electron chi connectivity index (χ3n) is 2.13. The number of carbonyl (C=O) groups excluding carboxylic acids is 2. The molecular weight excluding hydrogens is 266 g/mol. The van der Waals surface area contributed by atoms with E-state index in [1.807, 2.05) is 0 Å². The van der Waals surface area contributed by atoms with Gasteiger partial charge in [0.25, 0.3) is 5.69 Å². The van der Waals surface area contributed by atoms with Crippen molar-refractivity contribution in [3.8, 4) is 11.8 Å². The normalized spacial score (nSPS) is 9.10. The first-order chi connectivity index (χ1) is 9.47. The molecular formula is C13H11NO6. The number of nitro benzene ring substituents is 1. The fraction of sp³-hybridized carbons (Fsp3) is 0.231. The van der Waals surface area contributed by atoms with Crippen LogP contribution < -0.4 is 0 Å². The van der Waals surface area contributed by atoms with Crippen molar-refractivity contribution in [1.82, 2.24) is 0 Å². The van der Waals surface area contributed by atoms with Crippen molar-refractivity contribution in [2.75, 3.05) is 13.7 Å². The maximum absolute atomic E-state index is 11.4. The van der Waals surface area contributed by atoms with E-state index < -0.39 is 16.9 Å². The number of carbonyl (C=O) groups is 2. The Bertz CT molecular complexity index is 611. The fourth-order valence-electron chi connectivity index (χ4n) is 1.31. The van der Waals surface area contributed by atoms with Crippen molar-refractivity contribution in [1.29, 1.82) is 0 Å². The minimum absolute atomic E-state index is 0.0186. The Morgan fingerprint density at radius 1 is 1.35 bits per heavy atom. The topological polar surface area (TPSA) is 95.7 Å². The smallest absolute Gasteiger partial charge is 0.384 e. The Balaban J connectivity index is 3.19. The van der Waals surface area contributed by atoms with E-state index in [0.29, 0.717) is 0 Å². The van der Waals surface area contributed by atoms with Crippen LogP contribution in [0.1, 0.15) is 22.8 Å². The molecule has 0 radical (unpaired) electrons. The predicted octanol–water partition coefficient (Wildman–Crippen LogP) is 1.30. The molecule has 7 heteroatoms. The second-order valence-corrected chi connectivity index (χ2v) is 3.49. The molecule has 0 fully saturated rings. The van der Waals surface area contributed by atoms with Gasteiger partial charge in [-0.25, -0.2) is 9.59 Å². The monoisotopic (exact) mass is 277 g/mol. The number of ether oxygens (including phenoxy) is 2. The van der Waals surface area contributed by atoms with Gasteiger partial charge in [0.2, 0.25) is 0 Å². The van der Waals surface area contributed by atoms with E-state index in [-0.39, 0.29) is 23.4 Å². The lowest BCUT2D eigenvalue weighted by molar-refractivity contribution is -0.384. The maximum Gasteiger partial charge on any atom is 0.384 e. The molecule has 0 bridgehead atoms. The van der Waals surface area contributed by atoms with Crippen LogP contribution >= 0.6 is 0 Å². The highest BCUT2D eigenvalue weighted by molar-refractivity contribution is 5.91. The number of benzene rings is 1. The quantitative estimate of drug-likeness (QED) is 0.357. The second-order valence-electron chi connectivity index (χ2n) is 3.49. The fourth-order valence-corrected chi connectivity index (χ4v) is 1.31. The molecule has 1 aromatic rings. The molecule has 0 unspecified atom stereocenters. The molecule has 0 N–H and O–H groups in total. The molecule has 0 amide bonds. The molecule has 0 spiro atoms. The number of hydrogen-bond donors (Lipinski definition) is 0. The van der Waals surface area contributed by atoms with Crippen LogP contribution in [-0.2, 0) is 14.3 Å². The van der Waals surface area contributed by atoms with E-state index in [1.54, 1.807) is 6.92 Å².